The highest BCUT2D eigenvalue weighted by molar-refractivity contribution is 5.88. The Hall–Kier alpha value is -1.84. The van der Waals surface area contributed by atoms with Gasteiger partial charge in [-0.3, -0.25) is 4.79 Å². The molecule has 1 saturated heterocycles. The molecule has 1 aromatic rings. The van der Waals surface area contributed by atoms with Gasteiger partial charge in [0.15, 0.2) is 0 Å². The summed E-state index contributed by atoms with van der Waals surface area (Å²) >= 11 is 0. The van der Waals surface area contributed by atoms with Crippen molar-refractivity contribution in [3.63, 3.8) is 0 Å². The van der Waals surface area contributed by atoms with Gasteiger partial charge in [0.05, 0.1) is 0 Å². The van der Waals surface area contributed by atoms with Crippen molar-refractivity contribution in [3.05, 3.63) is 41.7 Å². The SMILES string of the molecule is CC1CCC(=CC(=O)N(C)C2CCN(c3ccc(F)cc3)CC2)CC1. The summed E-state index contributed by atoms with van der Waals surface area (Å²) < 4.78 is 13.1. The topological polar surface area (TPSA) is 23.6 Å². The summed E-state index contributed by atoms with van der Waals surface area (Å²) in [5.41, 5.74) is 2.38. The fourth-order valence-electron chi connectivity index (χ4n) is 3.90. The fraction of sp³-hybridized carbons (Fsp3) is 0.571. The van der Waals surface area contributed by atoms with Crippen molar-refractivity contribution < 1.29 is 9.18 Å². The molecule has 1 aromatic carbocycles. The Balaban J connectivity index is 1.52. The van der Waals surface area contributed by atoms with E-state index in [2.05, 4.69) is 11.8 Å². The van der Waals surface area contributed by atoms with Crippen LogP contribution in [0.25, 0.3) is 0 Å². The van der Waals surface area contributed by atoms with E-state index in [4.69, 9.17) is 0 Å². The molecular weight excluding hydrogens is 315 g/mol. The van der Waals surface area contributed by atoms with Gasteiger partial charge >= 0.3 is 0 Å². The number of rotatable bonds is 3. The Morgan fingerprint density at radius 1 is 1.12 bits per heavy atom. The first-order chi connectivity index (χ1) is 12.0. The molecule has 1 aliphatic carbocycles. The van der Waals surface area contributed by atoms with Gasteiger partial charge in [-0.1, -0.05) is 12.5 Å². The van der Waals surface area contributed by atoms with Gasteiger partial charge in [0, 0.05) is 37.9 Å². The molecule has 3 rings (SSSR count). The van der Waals surface area contributed by atoms with E-state index in [0.717, 1.165) is 50.4 Å². The van der Waals surface area contributed by atoms with Crippen LogP contribution >= 0.6 is 0 Å². The molecule has 0 N–H and O–H groups in total. The average molecular weight is 344 g/mol. The molecule has 4 heteroatoms. The van der Waals surface area contributed by atoms with E-state index < -0.39 is 0 Å². The maximum absolute atomic E-state index is 13.1. The van der Waals surface area contributed by atoms with Crippen molar-refractivity contribution in [2.24, 2.45) is 5.92 Å². The van der Waals surface area contributed by atoms with E-state index in [0.29, 0.717) is 6.04 Å². The van der Waals surface area contributed by atoms with Crippen LogP contribution in [0.3, 0.4) is 0 Å². The molecule has 1 heterocycles. The van der Waals surface area contributed by atoms with Crippen LogP contribution in [0.2, 0.25) is 0 Å². The van der Waals surface area contributed by atoms with Crippen LogP contribution in [0.15, 0.2) is 35.9 Å². The number of hydrogen-bond acceptors (Lipinski definition) is 2. The van der Waals surface area contributed by atoms with E-state index in [9.17, 15) is 9.18 Å². The number of piperidine rings is 1. The van der Waals surface area contributed by atoms with E-state index >= 15 is 0 Å². The number of hydrogen-bond donors (Lipinski definition) is 0. The first-order valence-corrected chi connectivity index (χ1v) is 9.49. The number of benzene rings is 1. The molecule has 0 aromatic heterocycles. The van der Waals surface area contributed by atoms with Gasteiger partial charge in [0.25, 0.3) is 0 Å². The van der Waals surface area contributed by atoms with Crippen LogP contribution in [0.1, 0.15) is 45.4 Å². The minimum absolute atomic E-state index is 0.157. The number of amides is 1. The monoisotopic (exact) mass is 344 g/mol. The number of halogens is 1. The van der Waals surface area contributed by atoms with Crippen molar-refractivity contribution in [2.75, 3.05) is 25.0 Å². The lowest BCUT2D eigenvalue weighted by Crippen LogP contribution is -2.45. The second-order valence-corrected chi connectivity index (χ2v) is 7.63. The maximum Gasteiger partial charge on any atom is 0.246 e. The predicted molar refractivity (Wildman–Crippen MR) is 100 cm³/mol. The predicted octanol–water partition coefficient (Wildman–Crippen LogP) is 4.39. The van der Waals surface area contributed by atoms with Gasteiger partial charge < -0.3 is 9.80 Å². The normalized spacial score (nSPS) is 22.0. The lowest BCUT2D eigenvalue weighted by molar-refractivity contribution is -0.127. The summed E-state index contributed by atoms with van der Waals surface area (Å²) in [6, 6.07) is 6.98. The van der Waals surface area contributed by atoms with Crippen molar-refractivity contribution in [1.82, 2.24) is 4.90 Å². The zero-order chi connectivity index (χ0) is 17.8. The number of carbonyl (C=O) groups excluding carboxylic acids is 1. The van der Waals surface area contributed by atoms with Crippen molar-refractivity contribution >= 4 is 11.6 Å². The molecule has 25 heavy (non-hydrogen) atoms. The summed E-state index contributed by atoms with van der Waals surface area (Å²) in [5.74, 6) is 0.750. The third-order valence-corrected chi connectivity index (χ3v) is 5.80. The molecular formula is C21H29FN2O. The Bertz CT molecular complexity index is 607. The van der Waals surface area contributed by atoms with Gasteiger partial charge in [-0.15, -0.1) is 0 Å². The van der Waals surface area contributed by atoms with Gasteiger partial charge in [0.2, 0.25) is 5.91 Å². The van der Waals surface area contributed by atoms with Crippen molar-refractivity contribution in [3.8, 4) is 0 Å². The lowest BCUT2D eigenvalue weighted by Gasteiger charge is -2.37. The number of nitrogens with zero attached hydrogens (tertiary/aromatic N) is 2. The molecule has 0 bridgehead atoms. The standard InChI is InChI=1S/C21H29FN2O/c1-16-3-5-17(6-4-16)15-21(25)23(2)19-11-13-24(14-12-19)20-9-7-18(22)8-10-20/h7-10,15-16,19H,3-6,11-14H2,1-2H3. The summed E-state index contributed by atoms with van der Waals surface area (Å²) in [6.07, 6.45) is 8.36. The zero-order valence-electron chi connectivity index (χ0n) is 15.4. The summed E-state index contributed by atoms with van der Waals surface area (Å²) in [5, 5.41) is 0. The molecule has 0 atom stereocenters. The van der Waals surface area contributed by atoms with E-state index in [1.165, 1.54) is 30.5 Å². The third-order valence-electron chi connectivity index (χ3n) is 5.80. The molecule has 1 aliphatic heterocycles. The van der Waals surface area contributed by atoms with Crippen LogP contribution in [0.5, 0.6) is 0 Å². The van der Waals surface area contributed by atoms with Crippen molar-refractivity contribution in [1.29, 1.82) is 0 Å². The second-order valence-electron chi connectivity index (χ2n) is 7.63. The highest BCUT2D eigenvalue weighted by Gasteiger charge is 2.25. The smallest absolute Gasteiger partial charge is 0.246 e. The zero-order valence-corrected chi connectivity index (χ0v) is 15.4. The van der Waals surface area contributed by atoms with Crippen LogP contribution in [0, 0.1) is 11.7 Å². The molecule has 2 fully saturated rings. The van der Waals surface area contributed by atoms with E-state index in [1.807, 2.05) is 30.2 Å². The van der Waals surface area contributed by atoms with Crippen LogP contribution in [-0.2, 0) is 4.79 Å². The number of carbonyl (C=O) groups is 1. The third kappa shape index (κ3) is 4.62. The molecule has 1 amide bonds. The van der Waals surface area contributed by atoms with Gasteiger partial charge in [-0.05, 0) is 68.7 Å². The Kier molecular flexibility index (Phi) is 5.77. The largest absolute Gasteiger partial charge is 0.371 e. The minimum atomic E-state index is -0.200. The maximum atomic E-state index is 13.1. The van der Waals surface area contributed by atoms with E-state index in [-0.39, 0.29) is 11.7 Å². The molecule has 0 radical (unpaired) electrons. The molecule has 3 nitrogen and oxygen atoms in total. The lowest BCUT2D eigenvalue weighted by atomic mass is 9.87. The molecule has 136 valence electrons. The van der Waals surface area contributed by atoms with Gasteiger partial charge in [-0.25, -0.2) is 4.39 Å². The Morgan fingerprint density at radius 3 is 2.32 bits per heavy atom. The minimum Gasteiger partial charge on any atom is -0.371 e. The Labute approximate surface area is 150 Å². The fourth-order valence-corrected chi connectivity index (χ4v) is 3.90. The first-order valence-electron chi connectivity index (χ1n) is 9.49. The number of allylic oxidation sites excluding steroid dienone is 1. The van der Waals surface area contributed by atoms with Crippen LogP contribution in [-0.4, -0.2) is 37.0 Å². The molecule has 0 spiro atoms. The Morgan fingerprint density at radius 2 is 1.72 bits per heavy atom. The number of likely N-dealkylation sites (N-methyl/N-ethyl adjacent to an activating group) is 1. The summed E-state index contributed by atoms with van der Waals surface area (Å²) in [6.45, 7) is 4.10. The van der Waals surface area contributed by atoms with Crippen molar-refractivity contribution in [2.45, 2.75) is 51.5 Å². The molecule has 0 unspecified atom stereocenters. The summed E-state index contributed by atoms with van der Waals surface area (Å²) in [4.78, 5) is 16.8. The molecule has 2 aliphatic rings. The second kappa shape index (κ2) is 8.03. The van der Waals surface area contributed by atoms with Gasteiger partial charge in [0.1, 0.15) is 5.82 Å². The first kappa shape index (κ1) is 18.0. The number of anilines is 1. The highest BCUT2D eigenvalue weighted by atomic mass is 19.1. The molecule has 1 saturated carbocycles. The van der Waals surface area contributed by atoms with Gasteiger partial charge in [-0.2, -0.15) is 0 Å². The van der Waals surface area contributed by atoms with Crippen LogP contribution < -0.4 is 4.90 Å². The highest BCUT2D eigenvalue weighted by Crippen LogP contribution is 2.28. The van der Waals surface area contributed by atoms with Crippen LogP contribution in [0.4, 0.5) is 10.1 Å². The van der Waals surface area contributed by atoms with E-state index in [1.54, 1.807) is 0 Å². The quantitative estimate of drug-likeness (QED) is 0.759. The average Bonchev–Trinajstić information content (AvgIpc) is 2.64. The summed E-state index contributed by atoms with van der Waals surface area (Å²) in [7, 11) is 1.93.